The van der Waals surface area contributed by atoms with E-state index in [0.29, 0.717) is 0 Å². The summed E-state index contributed by atoms with van der Waals surface area (Å²) in [5, 5.41) is 13.6. The van der Waals surface area contributed by atoms with Crippen LogP contribution in [0.25, 0.3) is 10.6 Å². The summed E-state index contributed by atoms with van der Waals surface area (Å²) in [7, 11) is 1.93. The first-order valence-electron chi connectivity index (χ1n) is 5.39. The number of aromatic nitrogens is 2. The fourth-order valence-corrected chi connectivity index (χ4v) is 2.70. The van der Waals surface area contributed by atoms with Gasteiger partial charge in [-0.15, -0.1) is 22.0 Å². The lowest BCUT2D eigenvalue weighted by molar-refractivity contribution is 0.640. The minimum absolute atomic E-state index is 0.256. The topological polar surface area (TPSA) is 37.8 Å². The van der Waals surface area contributed by atoms with Gasteiger partial charge in [0.2, 0.25) is 0 Å². The van der Waals surface area contributed by atoms with Gasteiger partial charge >= 0.3 is 0 Å². The molecule has 1 heterocycles. The fourth-order valence-electron chi connectivity index (χ4n) is 1.38. The maximum Gasteiger partial charge on any atom is 0.147 e. The van der Waals surface area contributed by atoms with E-state index in [0.717, 1.165) is 15.6 Å². The van der Waals surface area contributed by atoms with Gasteiger partial charge in [0.1, 0.15) is 10.0 Å². The molecule has 2 rings (SSSR count). The van der Waals surface area contributed by atoms with Gasteiger partial charge in [-0.05, 0) is 32.4 Å². The van der Waals surface area contributed by atoms with E-state index >= 15 is 0 Å². The molecule has 0 spiro atoms. The Labute approximate surface area is 110 Å². The van der Waals surface area contributed by atoms with Crippen LogP contribution in [0.15, 0.2) is 29.2 Å². The molecule has 0 aliphatic carbocycles. The van der Waals surface area contributed by atoms with E-state index in [9.17, 15) is 0 Å². The van der Waals surface area contributed by atoms with Gasteiger partial charge in [-0.3, -0.25) is 0 Å². The molecule has 0 saturated heterocycles. The molecule has 2 aromatic rings. The van der Waals surface area contributed by atoms with Crippen LogP contribution in [0.5, 0.6) is 0 Å². The van der Waals surface area contributed by atoms with E-state index in [4.69, 9.17) is 0 Å². The van der Waals surface area contributed by atoms with Crippen LogP contribution in [0.4, 0.5) is 0 Å². The highest BCUT2D eigenvalue weighted by atomic mass is 32.2. The smallest absolute Gasteiger partial charge is 0.147 e. The van der Waals surface area contributed by atoms with Crippen molar-refractivity contribution in [3.05, 3.63) is 29.3 Å². The van der Waals surface area contributed by atoms with E-state index < -0.39 is 0 Å². The molecule has 5 heteroatoms. The number of hydrogen-bond donors (Lipinski definition) is 1. The zero-order valence-electron chi connectivity index (χ0n) is 10.1. The van der Waals surface area contributed by atoms with Gasteiger partial charge < -0.3 is 5.32 Å². The molecule has 0 saturated carbocycles. The number of thioether (sulfide) groups is 1. The van der Waals surface area contributed by atoms with Crippen LogP contribution in [0.2, 0.25) is 0 Å². The van der Waals surface area contributed by atoms with Gasteiger partial charge in [-0.1, -0.05) is 23.5 Å². The van der Waals surface area contributed by atoms with Crippen LogP contribution in [0, 0.1) is 0 Å². The van der Waals surface area contributed by atoms with Crippen LogP contribution in [0.3, 0.4) is 0 Å². The average molecular weight is 265 g/mol. The van der Waals surface area contributed by atoms with Crippen molar-refractivity contribution in [1.29, 1.82) is 0 Å². The second-order valence-corrected chi connectivity index (χ2v) is 5.57. The number of benzene rings is 1. The molecule has 0 radical (unpaired) electrons. The van der Waals surface area contributed by atoms with Crippen molar-refractivity contribution in [2.45, 2.75) is 17.9 Å². The lowest BCUT2D eigenvalue weighted by Gasteiger charge is -2.03. The largest absolute Gasteiger partial charge is 0.311 e. The number of nitrogens with one attached hydrogen (secondary N) is 1. The molecule has 0 bridgehead atoms. The predicted octanol–water partition coefficient (Wildman–Crippen LogP) is 3.21. The number of rotatable bonds is 4. The minimum atomic E-state index is 0.256. The summed E-state index contributed by atoms with van der Waals surface area (Å²) < 4.78 is 0. The van der Waals surface area contributed by atoms with Crippen LogP contribution in [-0.2, 0) is 0 Å². The van der Waals surface area contributed by atoms with Crippen molar-refractivity contribution in [3.63, 3.8) is 0 Å². The van der Waals surface area contributed by atoms with Crippen molar-refractivity contribution in [2.75, 3.05) is 13.3 Å². The Bertz CT molecular complexity index is 479. The van der Waals surface area contributed by atoms with Gasteiger partial charge in [0.05, 0.1) is 6.04 Å². The van der Waals surface area contributed by atoms with Crippen molar-refractivity contribution in [3.8, 4) is 10.6 Å². The van der Waals surface area contributed by atoms with Gasteiger partial charge in [0.25, 0.3) is 0 Å². The molecule has 0 aliphatic rings. The molecular formula is C12H15N3S2. The van der Waals surface area contributed by atoms with Crippen molar-refractivity contribution in [1.82, 2.24) is 15.5 Å². The Morgan fingerprint density at radius 1 is 1.24 bits per heavy atom. The summed E-state index contributed by atoms with van der Waals surface area (Å²) in [4.78, 5) is 1.27. The zero-order valence-corrected chi connectivity index (χ0v) is 11.7. The Balaban J connectivity index is 2.24. The summed E-state index contributed by atoms with van der Waals surface area (Å²) in [5.74, 6) is 0. The number of nitrogens with zero attached hydrogens (tertiary/aromatic N) is 2. The Morgan fingerprint density at radius 2 is 1.94 bits per heavy atom. The van der Waals surface area contributed by atoms with Crippen LogP contribution >= 0.6 is 23.1 Å². The molecule has 0 fully saturated rings. The molecule has 1 unspecified atom stereocenters. The summed E-state index contributed by atoms with van der Waals surface area (Å²) in [6, 6.07) is 8.68. The summed E-state index contributed by atoms with van der Waals surface area (Å²) in [6.07, 6.45) is 2.08. The van der Waals surface area contributed by atoms with E-state index in [1.165, 1.54) is 4.90 Å². The molecule has 0 amide bonds. The average Bonchev–Trinajstić information content (AvgIpc) is 2.87. The lowest BCUT2D eigenvalue weighted by Crippen LogP contribution is -2.11. The van der Waals surface area contributed by atoms with Crippen molar-refractivity contribution in [2.24, 2.45) is 0 Å². The standard InChI is InChI=1S/C12H15N3S2/c1-8(13-2)11-14-15-12(17-11)9-4-6-10(16-3)7-5-9/h4-8,13H,1-3H3. The molecule has 1 aromatic heterocycles. The zero-order chi connectivity index (χ0) is 12.3. The third kappa shape index (κ3) is 2.86. The maximum atomic E-state index is 4.23. The molecule has 1 N–H and O–H groups in total. The second kappa shape index (κ2) is 5.62. The van der Waals surface area contributed by atoms with Crippen molar-refractivity contribution < 1.29 is 0 Å². The summed E-state index contributed by atoms with van der Waals surface area (Å²) in [5.41, 5.74) is 1.13. The van der Waals surface area contributed by atoms with E-state index in [1.807, 2.05) is 7.05 Å². The molecule has 1 aromatic carbocycles. The monoisotopic (exact) mass is 265 g/mol. The molecule has 90 valence electrons. The SMILES string of the molecule is CNC(C)c1nnc(-c2ccc(SC)cc2)s1. The quantitative estimate of drug-likeness (QED) is 0.861. The molecule has 17 heavy (non-hydrogen) atoms. The summed E-state index contributed by atoms with van der Waals surface area (Å²) >= 11 is 3.38. The first-order chi connectivity index (χ1) is 8.24. The van der Waals surface area contributed by atoms with Gasteiger partial charge in [-0.2, -0.15) is 0 Å². The first-order valence-corrected chi connectivity index (χ1v) is 7.44. The third-order valence-corrected chi connectivity index (χ3v) is 4.48. The minimum Gasteiger partial charge on any atom is -0.311 e. The van der Waals surface area contributed by atoms with Crippen LogP contribution in [-0.4, -0.2) is 23.5 Å². The molecule has 1 atom stereocenters. The third-order valence-electron chi connectivity index (χ3n) is 2.58. The van der Waals surface area contributed by atoms with Gasteiger partial charge in [0, 0.05) is 10.5 Å². The first kappa shape index (κ1) is 12.5. The Morgan fingerprint density at radius 3 is 2.53 bits per heavy atom. The Hall–Kier alpha value is -0.910. The van der Waals surface area contributed by atoms with E-state index in [1.54, 1.807) is 23.1 Å². The second-order valence-electron chi connectivity index (χ2n) is 3.68. The van der Waals surface area contributed by atoms with Gasteiger partial charge in [-0.25, -0.2) is 0 Å². The lowest BCUT2D eigenvalue weighted by atomic mass is 10.2. The highest BCUT2D eigenvalue weighted by molar-refractivity contribution is 7.98. The van der Waals surface area contributed by atoms with Crippen LogP contribution < -0.4 is 5.32 Å². The molecule has 0 aliphatic heterocycles. The maximum absolute atomic E-state index is 4.23. The highest BCUT2D eigenvalue weighted by Crippen LogP contribution is 2.27. The Kier molecular flexibility index (Phi) is 4.15. The van der Waals surface area contributed by atoms with E-state index in [-0.39, 0.29) is 6.04 Å². The van der Waals surface area contributed by atoms with E-state index in [2.05, 4.69) is 53.0 Å². The molecule has 3 nitrogen and oxygen atoms in total. The highest BCUT2D eigenvalue weighted by Gasteiger charge is 2.11. The normalized spacial score (nSPS) is 12.6. The fraction of sp³-hybridized carbons (Fsp3) is 0.333. The number of hydrogen-bond acceptors (Lipinski definition) is 5. The van der Waals surface area contributed by atoms with Gasteiger partial charge in [0.15, 0.2) is 0 Å². The predicted molar refractivity (Wildman–Crippen MR) is 74.6 cm³/mol. The van der Waals surface area contributed by atoms with Crippen molar-refractivity contribution >= 4 is 23.1 Å². The molecular weight excluding hydrogens is 250 g/mol. The van der Waals surface area contributed by atoms with Crippen LogP contribution in [0.1, 0.15) is 18.0 Å². The summed E-state index contributed by atoms with van der Waals surface area (Å²) in [6.45, 7) is 2.08.